The van der Waals surface area contributed by atoms with Gasteiger partial charge in [-0.15, -0.1) is 0 Å². The maximum Gasteiger partial charge on any atom is 0.338 e. The van der Waals surface area contributed by atoms with Crippen molar-refractivity contribution >= 4 is 22.4 Å². The third kappa shape index (κ3) is 5.08. The Morgan fingerprint density at radius 1 is 1.03 bits per heavy atom. The smallest absolute Gasteiger partial charge is 0.338 e. The predicted octanol–water partition coefficient (Wildman–Crippen LogP) is 5.72. The molecule has 0 aliphatic carbocycles. The minimum atomic E-state index is -0.482. The Hall–Kier alpha value is -2.85. The zero-order chi connectivity index (χ0) is 22.0. The topological polar surface area (TPSA) is 41.6 Å². The molecule has 1 aliphatic heterocycles. The molecule has 2 atom stereocenters. The van der Waals surface area contributed by atoms with E-state index in [1.165, 1.54) is 16.3 Å². The lowest BCUT2D eigenvalue weighted by molar-refractivity contribution is 0.00695. The van der Waals surface area contributed by atoms with Crippen LogP contribution in [-0.2, 0) is 4.74 Å². The van der Waals surface area contributed by atoms with Crippen LogP contribution in [0.5, 0.6) is 0 Å². The van der Waals surface area contributed by atoms with E-state index in [9.17, 15) is 4.79 Å². The maximum absolute atomic E-state index is 12.2. The van der Waals surface area contributed by atoms with E-state index < -0.39 is 5.60 Å². The molecule has 0 amide bonds. The molecule has 1 N–H and O–H groups in total. The fourth-order valence-corrected chi connectivity index (χ4v) is 4.35. The zero-order valence-corrected chi connectivity index (χ0v) is 18.9. The number of hydrogen-bond acceptors (Lipinski definition) is 4. The molecular formula is C27H32N2O2. The summed E-state index contributed by atoms with van der Waals surface area (Å²) in [6, 6.07) is 23.6. The van der Waals surface area contributed by atoms with Gasteiger partial charge in [-0.05, 0) is 74.7 Å². The second-order valence-electron chi connectivity index (χ2n) is 9.44. The van der Waals surface area contributed by atoms with Gasteiger partial charge in [0.1, 0.15) is 5.60 Å². The SMILES string of the molecule is C[C@@H](N[C@H]1CCN(c2ccc(C(=O)OC(C)(C)C)cc2)C1)c1cccc2ccccc12. The van der Waals surface area contributed by atoms with E-state index in [0.29, 0.717) is 11.6 Å². The Labute approximate surface area is 185 Å². The van der Waals surface area contributed by atoms with Crippen molar-refractivity contribution in [2.24, 2.45) is 0 Å². The van der Waals surface area contributed by atoms with Gasteiger partial charge in [-0.1, -0.05) is 42.5 Å². The molecule has 1 saturated heterocycles. The lowest BCUT2D eigenvalue weighted by Gasteiger charge is -2.23. The van der Waals surface area contributed by atoms with Crippen LogP contribution in [0.4, 0.5) is 5.69 Å². The lowest BCUT2D eigenvalue weighted by atomic mass is 9.99. The Kier molecular flexibility index (Phi) is 6.01. The number of nitrogens with one attached hydrogen (secondary N) is 1. The van der Waals surface area contributed by atoms with Gasteiger partial charge in [0.25, 0.3) is 0 Å². The van der Waals surface area contributed by atoms with Gasteiger partial charge >= 0.3 is 5.97 Å². The first-order valence-electron chi connectivity index (χ1n) is 11.1. The third-order valence-corrected chi connectivity index (χ3v) is 5.83. The maximum atomic E-state index is 12.2. The molecule has 0 saturated carbocycles. The number of carbonyl (C=O) groups is 1. The summed E-state index contributed by atoms with van der Waals surface area (Å²) >= 11 is 0. The van der Waals surface area contributed by atoms with Crippen LogP contribution < -0.4 is 10.2 Å². The van der Waals surface area contributed by atoms with Gasteiger partial charge in [0, 0.05) is 30.9 Å². The number of ether oxygens (including phenoxy) is 1. The van der Waals surface area contributed by atoms with Gasteiger partial charge in [-0.25, -0.2) is 4.79 Å². The molecule has 4 heteroatoms. The largest absolute Gasteiger partial charge is 0.456 e. The van der Waals surface area contributed by atoms with Gasteiger partial charge < -0.3 is 15.0 Å². The van der Waals surface area contributed by atoms with E-state index in [-0.39, 0.29) is 12.0 Å². The van der Waals surface area contributed by atoms with E-state index >= 15 is 0 Å². The molecule has 1 aliphatic rings. The van der Waals surface area contributed by atoms with Gasteiger partial charge in [0.2, 0.25) is 0 Å². The highest BCUT2D eigenvalue weighted by Gasteiger charge is 2.25. The summed E-state index contributed by atoms with van der Waals surface area (Å²) < 4.78 is 5.46. The summed E-state index contributed by atoms with van der Waals surface area (Å²) in [6.45, 7) is 9.87. The summed E-state index contributed by atoms with van der Waals surface area (Å²) in [4.78, 5) is 14.6. The monoisotopic (exact) mass is 416 g/mol. The van der Waals surface area contributed by atoms with E-state index in [2.05, 4.69) is 59.6 Å². The average Bonchev–Trinajstić information content (AvgIpc) is 3.20. The van der Waals surface area contributed by atoms with Crippen LogP contribution in [0, 0.1) is 0 Å². The van der Waals surface area contributed by atoms with E-state index in [4.69, 9.17) is 4.74 Å². The highest BCUT2D eigenvalue weighted by molar-refractivity contribution is 5.90. The van der Waals surface area contributed by atoms with Crippen molar-refractivity contribution in [3.8, 4) is 0 Å². The molecule has 4 nitrogen and oxygen atoms in total. The molecule has 1 fully saturated rings. The molecule has 0 spiro atoms. The van der Waals surface area contributed by atoms with Crippen molar-refractivity contribution in [3.05, 3.63) is 77.9 Å². The van der Waals surface area contributed by atoms with Gasteiger partial charge in [-0.3, -0.25) is 0 Å². The second kappa shape index (κ2) is 8.72. The van der Waals surface area contributed by atoms with Gasteiger partial charge in [0.15, 0.2) is 0 Å². The van der Waals surface area contributed by atoms with Crippen LogP contribution in [-0.4, -0.2) is 30.7 Å². The summed E-state index contributed by atoms with van der Waals surface area (Å²) in [5.74, 6) is -0.274. The standard InChI is InChI=1S/C27H32N2O2/c1-19(24-11-7-9-20-8-5-6-10-25(20)24)28-22-16-17-29(18-22)23-14-12-21(13-15-23)26(30)31-27(2,3)4/h5-15,19,22,28H,16-18H2,1-4H3/t19-,22+/m1/s1. The lowest BCUT2D eigenvalue weighted by Crippen LogP contribution is -2.34. The highest BCUT2D eigenvalue weighted by Crippen LogP contribution is 2.27. The van der Waals surface area contributed by atoms with Gasteiger partial charge in [0.05, 0.1) is 5.56 Å². The molecule has 3 aromatic carbocycles. The van der Waals surface area contributed by atoms with Crippen LogP contribution in [0.25, 0.3) is 10.8 Å². The van der Waals surface area contributed by atoms with Crippen molar-refractivity contribution in [2.45, 2.75) is 51.8 Å². The number of anilines is 1. The van der Waals surface area contributed by atoms with Gasteiger partial charge in [-0.2, -0.15) is 0 Å². The minimum absolute atomic E-state index is 0.274. The fraction of sp³-hybridized carbons (Fsp3) is 0.370. The first kappa shape index (κ1) is 21.4. The Morgan fingerprint density at radius 2 is 1.74 bits per heavy atom. The average molecular weight is 417 g/mol. The molecule has 0 aromatic heterocycles. The molecule has 0 bridgehead atoms. The molecule has 31 heavy (non-hydrogen) atoms. The minimum Gasteiger partial charge on any atom is -0.456 e. The number of carbonyl (C=O) groups excluding carboxylic acids is 1. The second-order valence-corrected chi connectivity index (χ2v) is 9.44. The predicted molar refractivity (Wildman–Crippen MR) is 128 cm³/mol. The summed E-state index contributed by atoms with van der Waals surface area (Å²) in [5.41, 5.74) is 2.61. The third-order valence-electron chi connectivity index (χ3n) is 5.83. The highest BCUT2D eigenvalue weighted by atomic mass is 16.6. The number of rotatable bonds is 5. The molecule has 0 unspecified atom stereocenters. The quantitative estimate of drug-likeness (QED) is 0.540. The zero-order valence-electron chi connectivity index (χ0n) is 18.9. The normalized spacial score (nSPS) is 17.7. The molecule has 4 rings (SSSR count). The summed E-state index contributed by atoms with van der Waals surface area (Å²) in [5, 5.41) is 6.43. The fourth-order valence-electron chi connectivity index (χ4n) is 4.35. The van der Waals surface area contributed by atoms with Crippen LogP contribution in [0.2, 0.25) is 0 Å². The number of hydrogen-bond donors (Lipinski definition) is 1. The number of benzene rings is 3. The van der Waals surface area contributed by atoms with E-state index in [0.717, 1.165) is 25.2 Å². The van der Waals surface area contributed by atoms with Crippen LogP contribution in [0.15, 0.2) is 66.7 Å². The Balaban J connectivity index is 1.38. The Bertz CT molecular complexity index is 1050. The Morgan fingerprint density at radius 3 is 2.48 bits per heavy atom. The molecule has 1 heterocycles. The van der Waals surface area contributed by atoms with Crippen molar-refractivity contribution < 1.29 is 9.53 Å². The van der Waals surface area contributed by atoms with Crippen molar-refractivity contribution in [1.82, 2.24) is 5.32 Å². The van der Waals surface area contributed by atoms with Crippen molar-refractivity contribution in [1.29, 1.82) is 0 Å². The van der Waals surface area contributed by atoms with Crippen LogP contribution in [0.3, 0.4) is 0 Å². The molecule has 162 valence electrons. The van der Waals surface area contributed by atoms with Crippen LogP contribution in [0.1, 0.15) is 56.1 Å². The van der Waals surface area contributed by atoms with Crippen molar-refractivity contribution in [2.75, 3.05) is 18.0 Å². The summed E-state index contributed by atoms with van der Waals surface area (Å²) in [7, 11) is 0. The van der Waals surface area contributed by atoms with Crippen LogP contribution >= 0.6 is 0 Å². The van der Waals surface area contributed by atoms with E-state index in [1.54, 1.807) is 0 Å². The van der Waals surface area contributed by atoms with Crippen molar-refractivity contribution in [3.63, 3.8) is 0 Å². The first-order valence-corrected chi connectivity index (χ1v) is 11.1. The molecule has 3 aromatic rings. The number of nitrogens with zero attached hydrogens (tertiary/aromatic N) is 1. The first-order chi connectivity index (χ1) is 14.8. The number of fused-ring (bicyclic) bond motifs is 1. The molecular weight excluding hydrogens is 384 g/mol. The van der Waals surface area contributed by atoms with E-state index in [1.807, 2.05) is 45.0 Å². The number of esters is 1. The molecule has 0 radical (unpaired) electrons. The summed E-state index contributed by atoms with van der Waals surface area (Å²) in [6.07, 6.45) is 1.10.